The van der Waals surface area contributed by atoms with E-state index < -0.39 is 17.1 Å². The van der Waals surface area contributed by atoms with Crippen molar-refractivity contribution in [3.05, 3.63) is 72.4 Å². The van der Waals surface area contributed by atoms with Gasteiger partial charge in [-0.25, -0.2) is 0 Å². The van der Waals surface area contributed by atoms with Crippen molar-refractivity contribution in [1.82, 2.24) is 5.32 Å². The Balaban J connectivity index is 1.67. The van der Waals surface area contributed by atoms with Crippen LogP contribution >= 0.6 is 11.6 Å². The maximum absolute atomic E-state index is 12.3. The molecule has 0 amide bonds. The second-order valence-electron chi connectivity index (χ2n) is 7.62. The van der Waals surface area contributed by atoms with Crippen molar-refractivity contribution in [3.8, 4) is 0 Å². The first kappa shape index (κ1) is 19.7. The molecule has 1 aromatic heterocycles. The molecule has 0 bridgehead atoms. The zero-order chi connectivity index (χ0) is 20.9. The Bertz CT molecular complexity index is 1140. The predicted molar refractivity (Wildman–Crippen MR) is 113 cm³/mol. The van der Waals surface area contributed by atoms with E-state index in [1.807, 2.05) is 32.9 Å². The SMILES string of the molecule is Cc1ccc([C@H](Nc2c(Nc3ccc(Cl)c4c3C(O)NC4)c(=O)c2=O)C(C)C)o1. The maximum Gasteiger partial charge on any atom is 0.253 e. The molecule has 4 rings (SSSR count). The summed E-state index contributed by atoms with van der Waals surface area (Å²) in [4.78, 5) is 24.6. The minimum atomic E-state index is -0.899. The molecule has 1 aliphatic heterocycles. The Morgan fingerprint density at radius 3 is 2.55 bits per heavy atom. The molecule has 152 valence electrons. The highest BCUT2D eigenvalue weighted by molar-refractivity contribution is 6.31. The van der Waals surface area contributed by atoms with Crippen molar-refractivity contribution >= 4 is 28.7 Å². The second kappa shape index (κ2) is 7.33. The smallest absolute Gasteiger partial charge is 0.253 e. The first-order valence-corrected chi connectivity index (χ1v) is 9.81. The number of hydrogen-bond acceptors (Lipinski definition) is 7. The summed E-state index contributed by atoms with van der Waals surface area (Å²) in [6.07, 6.45) is -0.899. The molecule has 0 fully saturated rings. The third-order valence-corrected chi connectivity index (χ3v) is 5.60. The lowest BCUT2D eigenvalue weighted by Crippen LogP contribution is -2.38. The Morgan fingerprint density at radius 1 is 1.17 bits per heavy atom. The Hall–Kier alpha value is -2.61. The second-order valence-corrected chi connectivity index (χ2v) is 8.03. The lowest BCUT2D eigenvalue weighted by atomic mass is 10.00. The summed E-state index contributed by atoms with van der Waals surface area (Å²) in [5.74, 6) is 1.58. The number of nitrogens with one attached hydrogen (secondary N) is 3. The average Bonchev–Trinajstić information content (AvgIpc) is 3.29. The molecule has 0 radical (unpaired) electrons. The summed E-state index contributed by atoms with van der Waals surface area (Å²) in [5, 5.41) is 19.9. The molecule has 29 heavy (non-hydrogen) atoms. The molecular weight excluding hydrogens is 394 g/mol. The Kier molecular flexibility index (Phi) is 4.98. The molecule has 0 aliphatic carbocycles. The van der Waals surface area contributed by atoms with Crippen LogP contribution in [0.5, 0.6) is 0 Å². The standard InChI is InChI=1S/C21H22ClN3O4/c1-9(2)16(14-7-4-10(3)29-14)25-18-17(19(26)20(18)27)24-13-6-5-12(22)11-8-23-21(28)15(11)13/h4-7,9,16,21,23-25,28H,8H2,1-3H3/t16-,21?/m1/s1. The van der Waals surface area contributed by atoms with Gasteiger partial charge in [-0.2, -0.15) is 0 Å². The fourth-order valence-corrected chi connectivity index (χ4v) is 3.90. The zero-order valence-electron chi connectivity index (χ0n) is 16.3. The molecule has 1 unspecified atom stereocenters. The summed E-state index contributed by atoms with van der Waals surface area (Å²) >= 11 is 6.21. The van der Waals surface area contributed by atoms with Gasteiger partial charge in [0.25, 0.3) is 10.9 Å². The van der Waals surface area contributed by atoms with Gasteiger partial charge in [0.2, 0.25) is 0 Å². The van der Waals surface area contributed by atoms with Gasteiger partial charge in [-0.15, -0.1) is 0 Å². The van der Waals surface area contributed by atoms with Crippen molar-refractivity contribution < 1.29 is 9.52 Å². The van der Waals surface area contributed by atoms with E-state index >= 15 is 0 Å². The largest absolute Gasteiger partial charge is 0.464 e. The van der Waals surface area contributed by atoms with Crippen LogP contribution in [0, 0.1) is 12.8 Å². The van der Waals surface area contributed by atoms with Crippen molar-refractivity contribution in [2.24, 2.45) is 5.92 Å². The Labute approximate surface area is 172 Å². The van der Waals surface area contributed by atoms with Crippen molar-refractivity contribution in [2.75, 3.05) is 10.6 Å². The van der Waals surface area contributed by atoms with E-state index in [2.05, 4.69) is 16.0 Å². The molecule has 1 aliphatic rings. The normalized spacial score (nSPS) is 17.0. The minimum Gasteiger partial charge on any atom is -0.464 e. The molecule has 0 saturated carbocycles. The lowest BCUT2D eigenvalue weighted by molar-refractivity contribution is 0.152. The van der Waals surface area contributed by atoms with Crippen LogP contribution in [-0.4, -0.2) is 5.11 Å². The average molecular weight is 416 g/mol. The highest BCUT2D eigenvalue weighted by Gasteiger charge is 2.30. The van der Waals surface area contributed by atoms with E-state index in [1.54, 1.807) is 12.1 Å². The molecular formula is C21H22ClN3O4. The molecule has 2 atom stereocenters. The molecule has 4 N–H and O–H groups in total. The zero-order valence-corrected chi connectivity index (χ0v) is 17.1. The number of aliphatic hydroxyl groups is 1. The predicted octanol–water partition coefficient (Wildman–Crippen LogP) is 3.48. The monoisotopic (exact) mass is 415 g/mol. The topological polar surface area (TPSA) is 104 Å². The summed E-state index contributed by atoms with van der Waals surface area (Å²) < 4.78 is 5.72. The summed E-state index contributed by atoms with van der Waals surface area (Å²) in [6, 6.07) is 6.84. The fourth-order valence-electron chi connectivity index (χ4n) is 3.67. The van der Waals surface area contributed by atoms with Gasteiger partial charge in [-0.1, -0.05) is 25.4 Å². The molecule has 2 aromatic carbocycles. The van der Waals surface area contributed by atoms with E-state index in [0.717, 1.165) is 11.3 Å². The van der Waals surface area contributed by atoms with Crippen LogP contribution < -0.4 is 26.8 Å². The first-order valence-electron chi connectivity index (χ1n) is 9.43. The first-order chi connectivity index (χ1) is 13.8. The van der Waals surface area contributed by atoms with Crippen molar-refractivity contribution in [1.29, 1.82) is 0 Å². The van der Waals surface area contributed by atoms with Gasteiger partial charge in [-0.3, -0.25) is 14.9 Å². The fraction of sp³-hybridized carbons (Fsp3) is 0.333. The summed E-state index contributed by atoms with van der Waals surface area (Å²) in [5.41, 5.74) is 1.09. The van der Waals surface area contributed by atoms with E-state index in [9.17, 15) is 14.7 Å². The third kappa shape index (κ3) is 3.35. The molecule has 7 nitrogen and oxygen atoms in total. The minimum absolute atomic E-state index is 0.114. The van der Waals surface area contributed by atoms with E-state index in [1.165, 1.54) is 0 Å². The van der Waals surface area contributed by atoms with Gasteiger partial charge in [0, 0.05) is 22.8 Å². The molecule has 2 heterocycles. The van der Waals surface area contributed by atoms with Gasteiger partial charge >= 0.3 is 0 Å². The lowest BCUT2D eigenvalue weighted by Gasteiger charge is -2.24. The van der Waals surface area contributed by atoms with Crippen LogP contribution in [0.15, 0.2) is 38.3 Å². The van der Waals surface area contributed by atoms with Crippen molar-refractivity contribution in [2.45, 2.75) is 39.6 Å². The number of aryl methyl sites for hydroxylation is 1. The number of fused-ring (bicyclic) bond motifs is 1. The number of anilines is 3. The van der Waals surface area contributed by atoms with E-state index in [0.29, 0.717) is 28.6 Å². The quantitative estimate of drug-likeness (QED) is 0.457. The van der Waals surface area contributed by atoms with Gasteiger partial charge in [0.1, 0.15) is 29.1 Å². The van der Waals surface area contributed by atoms with Crippen LogP contribution in [0.4, 0.5) is 17.1 Å². The number of benzene rings is 1. The molecule has 0 saturated heterocycles. The van der Waals surface area contributed by atoms with Crippen LogP contribution in [-0.2, 0) is 6.54 Å². The Morgan fingerprint density at radius 2 is 1.90 bits per heavy atom. The van der Waals surface area contributed by atoms with Crippen LogP contribution in [0.25, 0.3) is 0 Å². The van der Waals surface area contributed by atoms with Gasteiger partial charge < -0.3 is 20.2 Å². The van der Waals surface area contributed by atoms with Gasteiger partial charge in [0.15, 0.2) is 0 Å². The molecule has 0 spiro atoms. The number of halogens is 1. The van der Waals surface area contributed by atoms with Gasteiger partial charge in [0.05, 0.1) is 6.04 Å². The van der Waals surface area contributed by atoms with Crippen LogP contribution in [0.2, 0.25) is 5.02 Å². The maximum atomic E-state index is 12.3. The third-order valence-electron chi connectivity index (χ3n) is 5.25. The number of hydrogen-bond donors (Lipinski definition) is 4. The van der Waals surface area contributed by atoms with Crippen LogP contribution in [0.3, 0.4) is 0 Å². The van der Waals surface area contributed by atoms with Crippen LogP contribution in [0.1, 0.15) is 48.8 Å². The van der Waals surface area contributed by atoms with Gasteiger partial charge in [-0.05, 0) is 42.7 Å². The van der Waals surface area contributed by atoms with E-state index in [4.69, 9.17) is 16.0 Å². The highest BCUT2D eigenvalue weighted by atomic mass is 35.5. The number of aliphatic hydroxyl groups excluding tert-OH is 1. The molecule has 3 aromatic rings. The number of rotatable bonds is 6. The summed E-state index contributed by atoms with van der Waals surface area (Å²) in [6.45, 7) is 6.28. The molecule has 8 heteroatoms. The van der Waals surface area contributed by atoms with Crippen molar-refractivity contribution in [3.63, 3.8) is 0 Å². The number of furan rings is 1. The summed E-state index contributed by atoms with van der Waals surface area (Å²) in [7, 11) is 0. The highest BCUT2D eigenvalue weighted by Crippen LogP contribution is 2.38. The van der Waals surface area contributed by atoms with E-state index in [-0.39, 0.29) is 23.3 Å².